The predicted octanol–water partition coefficient (Wildman–Crippen LogP) is 7.56. The van der Waals surface area contributed by atoms with Crippen molar-refractivity contribution in [2.45, 2.75) is 0 Å². The van der Waals surface area contributed by atoms with Crippen LogP contribution in [0.3, 0.4) is 0 Å². The maximum absolute atomic E-state index is 12.0. The monoisotopic (exact) mass is 381 g/mol. The maximum Gasteiger partial charge on any atom is 0.208 e. The molecule has 0 saturated carbocycles. The van der Waals surface area contributed by atoms with Crippen LogP contribution in [0.1, 0.15) is 0 Å². The van der Waals surface area contributed by atoms with Crippen LogP contribution in [0, 0.1) is 0 Å². The van der Waals surface area contributed by atoms with Gasteiger partial charge in [-0.3, -0.25) is 5.11 Å². The normalized spacial score (nSPS) is 11.3. The molecule has 0 aliphatic rings. The SMILES string of the molecule is [O]c1c(Cl)c(Cl)c(Cl)c2c(Cl)c(Cl)c(Cl)c(Cl)c12. The Kier molecular flexibility index (Phi) is 4.26. The third-order valence-corrected chi connectivity index (χ3v) is 5.41. The molecule has 0 spiro atoms. The van der Waals surface area contributed by atoms with Crippen molar-refractivity contribution in [3.63, 3.8) is 0 Å². The van der Waals surface area contributed by atoms with Crippen molar-refractivity contribution in [2.75, 3.05) is 0 Å². The van der Waals surface area contributed by atoms with Crippen molar-refractivity contribution in [1.82, 2.24) is 0 Å². The van der Waals surface area contributed by atoms with Gasteiger partial charge in [0.25, 0.3) is 0 Å². The van der Waals surface area contributed by atoms with Gasteiger partial charge < -0.3 is 0 Å². The molecule has 0 heterocycles. The molecule has 0 N–H and O–H groups in total. The fourth-order valence-electron chi connectivity index (χ4n) is 1.47. The lowest BCUT2D eigenvalue weighted by Gasteiger charge is -2.12. The number of benzene rings is 2. The molecule has 2 aromatic carbocycles. The molecule has 0 aromatic heterocycles. The van der Waals surface area contributed by atoms with Crippen molar-refractivity contribution in [2.24, 2.45) is 0 Å². The Balaban J connectivity index is 3.22. The summed E-state index contributed by atoms with van der Waals surface area (Å²) in [5, 5.41) is 11.7. The Morgan fingerprint density at radius 3 is 1.22 bits per heavy atom. The first-order valence-electron chi connectivity index (χ1n) is 4.28. The average Bonchev–Trinajstić information content (AvgIpc) is 2.35. The van der Waals surface area contributed by atoms with Gasteiger partial charge in [0.2, 0.25) is 5.75 Å². The van der Waals surface area contributed by atoms with Crippen molar-refractivity contribution in [3.05, 3.63) is 35.2 Å². The van der Waals surface area contributed by atoms with Gasteiger partial charge in [-0.1, -0.05) is 81.2 Å². The fraction of sp³-hybridized carbons (Fsp3) is 0. The summed E-state index contributed by atoms with van der Waals surface area (Å²) >= 11 is 41.4. The van der Waals surface area contributed by atoms with E-state index in [0.717, 1.165) is 0 Å². The Labute approximate surface area is 137 Å². The van der Waals surface area contributed by atoms with Gasteiger partial charge in [-0.2, -0.15) is 0 Å². The van der Waals surface area contributed by atoms with Crippen molar-refractivity contribution < 1.29 is 5.11 Å². The zero-order chi connectivity index (χ0) is 13.8. The smallest absolute Gasteiger partial charge is 0.208 e. The number of halogens is 7. The van der Waals surface area contributed by atoms with Crippen LogP contribution in [0.15, 0.2) is 0 Å². The molecule has 8 heteroatoms. The molecule has 2 aromatic rings. The minimum atomic E-state index is -0.605. The molecule has 2 rings (SSSR count). The average molecular weight is 384 g/mol. The molecule has 1 nitrogen and oxygen atoms in total. The van der Waals surface area contributed by atoms with Crippen molar-refractivity contribution in [3.8, 4) is 5.75 Å². The van der Waals surface area contributed by atoms with Crippen LogP contribution in [0.4, 0.5) is 0 Å². The van der Waals surface area contributed by atoms with Crippen molar-refractivity contribution >= 4 is 92.0 Å². The highest BCUT2D eigenvalue weighted by Crippen LogP contribution is 2.53. The minimum absolute atomic E-state index is 0.00160. The summed E-state index contributed by atoms with van der Waals surface area (Å²) in [6, 6.07) is 0. The maximum atomic E-state index is 12.0. The highest BCUT2D eigenvalue weighted by atomic mass is 35.5. The molecule has 0 aliphatic heterocycles. The van der Waals surface area contributed by atoms with Crippen LogP contribution in [-0.4, -0.2) is 0 Å². The highest BCUT2D eigenvalue weighted by Gasteiger charge is 2.25. The van der Waals surface area contributed by atoms with Gasteiger partial charge in [0.15, 0.2) is 0 Å². The molecule has 0 bridgehead atoms. The lowest BCUT2D eigenvalue weighted by molar-refractivity contribution is 0.360. The number of hydrogen-bond acceptors (Lipinski definition) is 0. The van der Waals surface area contributed by atoms with E-state index in [1.165, 1.54) is 0 Å². The lowest BCUT2D eigenvalue weighted by Crippen LogP contribution is -1.86. The fourth-order valence-corrected chi connectivity index (χ4v) is 3.25. The summed E-state index contributed by atoms with van der Waals surface area (Å²) in [5.74, 6) is -0.605. The van der Waals surface area contributed by atoms with E-state index in [1.54, 1.807) is 0 Å². The summed E-state index contributed by atoms with van der Waals surface area (Å²) in [6.45, 7) is 0. The van der Waals surface area contributed by atoms with Gasteiger partial charge in [-0.05, 0) is 0 Å². The molecular formula is C10Cl7O. The summed E-state index contributed by atoms with van der Waals surface area (Å²) in [4.78, 5) is 0. The first-order valence-corrected chi connectivity index (χ1v) is 6.92. The number of hydrogen-bond donors (Lipinski definition) is 0. The molecule has 0 fully saturated rings. The number of rotatable bonds is 0. The third kappa shape index (κ3) is 2.01. The molecule has 1 radical (unpaired) electrons. The molecule has 0 amide bonds. The van der Waals surface area contributed by atoms with Gasteiger partial charge in [0.1, 0.15) is 5.02 Å². The molecule has 18 heavy (non-hydrogen) atoms. The van der Waals surface area contributed by atoms with Gasteiger partial charge in [-0.15, -0.1) is 0 Å². The van der Waals surface area contributed by atoms with E-state index in [1.807, 2.05) is 0 Å². The van der Waals surface area contributed by atoms with E-state index in [2.05, 4.69) is 0 Å². The quantitative estimate of drug-likeness (QED) is 0.330. The predicted molar refractivity (Wildman–Crippen MR) is 79.2 cm³/mol. The topological polar surface area (TPSA) is 19.9 Å². The summed E-state index contributed by atoms with van der Waals surface area (Å²) < 4.78 is 0. The van der Waals surface area contributed by atoms with Crippen LogP contribution in [0.5, 0.6) is 5.75 Å². The standard InChI is InChI=1S/C10Cl7O/c11-3-1-2(5(13)7(15)6(3)14)10(18)9(17)8(16)4(1)12. The van der Waals surface area contributed by atoms with Crippen LogP contribution >= 0.6 is 81.2 Å². The van der Waals surface area contributed by atoms with Gasteiger partial charge in [-0.25, -0.2) is 0 Å². The molecule has 95 valence electrons. The largest absolute Gasteiger partial charge is 0.287 e. The first-order chi connectivity index (χ1) is 8.29. The summed E-state index contributed by atoms with van der Waals surface area (Å²) in [5.41, 5.74) is 0. The summed E-state index contributed by atoms with van der Waals surface area (Å²) in [6.07, 6.45) is 0. The first kappa shape index (κ1) is 14.9. The Morgan fingerprint density at radius 2 is 0.778 bits per heavy atom. The molecule has 0 saturated heterocycles. The van der Waals surface area contributed by atoms with Gasteiger partial charge in [0.05, 0.1) is 35.5 Å². The Morgan fingerprint density at radius 1 is 0.444 bits per heavy atom. The zero-order valence-electron chi connectivity index (χ0n) is 8.05. The van der Waals surface area contributed by atoms with E-state index in [4.69, 9.17) is 81.2 Å². The van der Waals surface area contributed by atoms with E-state index in [9.17, 15) is 5.11 Å². The van der Waals surface area contributed by atoms with Crippen LogP contribution < -0.4 is 0 Å². The molecule has 0 unspecified atom stereocenters. The molecule has 0 atom stereocenters. The molecular weight excluding hydrogens is 384 g/mol. The van der Waals surface area contributed by atoms with E-state index in [-0.39, 0.29) is 45.9 Å². The second kappa shape index (κ2) is 5.14. The van der Waals surface area contributed by atoms with Gasteiger partial charge >= 0.3 is 0 Å². The van der Waals surface area contributed by atoms with E-state index >= 15 is 0 Å². The highest BCUT2D eigenvalue weighted by molar-refractivity contribution is 6.59. The Hall–Kier alpha value is 0.530. The lowest BCUT2D eigenvalue weighted by atomic mass is 10.1. The van der Waals surface area contributed by atoms with Crippen LogP contribution in [-0.2, 0) is 5.11 Å². The molecule has 0 aliphatic carbocycles. The summed E-state index contributed by atoms with van der Waals surface area (Å²) in [7, 11) is 0. The zero-order valence-corrected chi connectivity index (χ0v) is 13.3. The van der Waals surface area contributed by atoms with E-state index < -0.39 is 5.75 Å². The minimum Gasteiger partial charge on any atom is -0.287 e. The van der Waals surface area contributed by atoms with Crippen LogP contribution in [0.25, 0.3) is 10.8 Å². The second-order valence-electron chi connectivity index (χ2n) is 3.28. The third-order valence-electron chi connectivity index (χ3n) is 2.30. The Bertz CT molecular complexity index is 567. The van der Waals surface area contributed by atoms with Crippen molar-refractivity contribution in [1.29, 1.82) is 0 Å². The van der Waals surface area contributed by atoms with Crippen LogP contribution in [0.2, 0.25) is 35.2 Å². The number of fused-ring (bicyclic) bond motifs is 1. The van der Waals surface area contributed by atoms with E-state index in [0.29, 0.717) is 0 Å². The van der Waals surface area contributed by atoms with Gasteiger partial charge in [0, 0.05) is 5.39 Å². The second-order valence-corrected chi connectivity index (χ2v) is 5.92.